The van der Waals surface area contributed by atoms with Gasteiger partial charge in [0, 0.05) is 32.2 Å². The van der Waals surface area contributed by atoms with E-state index in [0.29, 0.717) is 6.04 Å². The number of nitrogens with one attached hydrogen (secondary N) is 2. The molecule has 0 aromatic heterocycles. The fourth-order valence-electron chi connectivity index (χ4n) is 1.54. The van der Waals surface area contributed by atoms with Crippen molar-refractivity contribution in [1.29, 1.82) is 0 Å². The van der Waals surface area contributed by atoms with Crippen molar-refractivity contribution in [3.8, 4) is 0 Å². The summed E-state index contributed by atoms with van der Waals surface area (Å²) in [7, 11) is 2.21. The smallest absolute Gasteiger partial charge is 0.0342 e. The maximum absolute atomic E-state index is 3.45. The van der Waals surface area contributed by atoms with Crippen LogP contribution in [0.2, 0.25) is 0 Å². The lowest BCUT2D eigenvalue weighted by molar-refractivity contribution is 0.196. The summed E-state index contributed by atoms with van der Waals surface area (Å²) in [5.41, 5.74) is 0. The van der Waals surface area contributed by atoms with E-state index in [0.717, 1.165) is 26.2 Å². The second-order valence-corrected chi connectivity index (χ2v) is 3.54. The summed E-state index contributed by atoms with van der Waals surface area (Å²) in [6.07, 6.45) is 1.23. The van der Waals surface area contributed by atoms with E-state index in [9.17, 15) is 0 Å². The van der Waals surface area contributed by atoms with E-state index in [1.165, 1.54) is 13.0 Å². The molecule has 1 atom stereocenters. The molecule has 1 rings (SSSR count). The molecule has 1 fully saturated rings. The summed E-state index contributed by atoms with van der Waals surface area (Å²) in [5, 5.41) is 6.86. The first-order chi connectivity index (χ1) is 5.84. The summed E-state index contributed by atoms with van der Waals surface area (Å²) in [4.78, 5) is 2.43. The van der Waals surface area contributed by atoms with E-state index in [-0.39, 0.29) is 0 Å². The summed E-state index contributed by atoms with van der Waals surface area (Å²) in [6.45, 7) is 7.92. The van der Waals surface area contributed by atoms with Gasteiger partial charge in [-0.2, -0.15) is 0 Å². The van der Waals surface area contributed by atoms with Gasteiger partial charge in [-0.05, 0) is 20.0 Å². The van der Waals surface area contributed by atoms with Crippen LogP contribution in [0.5, 0.6) is 0 Å². The highest BCUT2D eigenvalue weighted by Crippen LogP contribution is 1.97. The van der Waals surface area contributed by atoms with Gasteiger partial charge in [0.25, 0.3) is 0 Å². The average molecular weight is 171 g/mol. The second-order valence-electron chi connectivity index (χ2n) is 3.54. The van der Waals surface area contributed by atoms with Crippen molar-refractivity contribution in [1.82, 2.24) is 15.5 Å². The Morgan fingerprint density at radius 3 is 3.08 bits per heavy atom. The molecule has 0 amide bonds. The van der Waals surface area contributed by atoms with Crippen LogP contribution in [0.3, 0.4) is 0 Å². The number of piperazine rings is 1. The number of rotatable bonds is 4. The van der Waals surface area contributed by atoms with Crippen LogP contribution in [0.15, 0.2) is 0 Å². The predicted octanol–water partition coefficient (Wildman–Crippen LogP) is -0.110. The van der Waals surface area contributed by atoms with Gasteiger partial charge in [0.2, 0.25) is 0 Å². The topological polar surface area (TPSA) is 27.3 Å². The van der Waals surface area contributed by atoms with Crippen LogP contribution in [-0.2, 0) is 0 Å². The van der Waals surface area contributed by atoms with Crippen LogP contribution in [0.25, 0.3) is 0 Å². The number of hydrogen-bond acceptors (Lipinski definition) is 3. The summed E-state index contributed by atoms with van der Waals surface area (Å²) in [6, 6.07) is 0.685. The molecule has 2 N–H and O–H groups in total. The van der Waals surface area contributed by atoms with Gasteiger partial charge in [-0.15, -0.1) is 0 Å². The van der Waals surface area contributed by atoms with Crippen molar-refractivity contribution < 1.29 is 0 Å². The molecule has 1 aliphatic rings. The van der Waals surface area contributed by atoms with Gasteiger partial charge < -0.3 is 10.6 Å². The quantitative estimate of drug-likeness (QED) is 0.578. The Labute approximate surface area is 75.5 Å². The van der Waals surface area contributed by atoms with Crippen LogP contribution in [0.4, 0.5) is 0 Å². The zero-order chi connectivity index (χ0) is 8.81. The molecule has 0 aliphatic carbocycles. The van der Waals surface area contributed by atoms with Crippen molar-refractivity contribution in [3.63, 3.8) is 0 Å². The number of nitrogens with zero attached hydrogens (tertiary/aromatic N) is 1. The molecule has 0 spiro atoms. The Balaban J connectivity index is 2.11. The summed E-state index contributed by atoms with van der Waals surface area (Å²) < 4.78 is 0. The lowest BCUT2D eigenvalue weighted by atomic mass is 10.2. The molecule has 0 bridgehead atoms. The molecule has 3 heteroatoms. The third kappa shape index (κ3) is 3.09. The molecule has 1 aliphatic heterocycles. The molecule has 12 heavy (non-hydrogen) atoms. The molecule has 0 radical (unpaired) electrons. The van der Waals surface area contributed by atoms with Crippen molar-refractivity contribution in [2.24, 2.45) is 0 Å². The minimum atomic E-state index is 0.685. The second kappa shape index (κ2) is 5.51. The molecule has 1 saturated heterocycles. The van der Waals surface area contributed by atoms with Crippen LogP contribution >= 0.6 is 0 Å². The molecule has 72 valence electrons. The minimum absolute atomic E-state index is 0.685. The maximum Gasteiger partial charge on any atom is 0.0342 e. The molecule has 1 unspecified atom stereocenters. The molecular weight excluding hydrogens is 150 g/mol. The Morgan fingerprint density at radius 1 is 1.58 bits per heavy atom. The third-order valence-electron chi connectivity index (χ3n) is 2.45. The van der Waals surface area contributed by atoms with E-state index in [1.807, 2.05) is 0 Å². The average Bonchev–Trinajstić information content (AvgIpc) is 2.09. The zero-order valence-electron chi connectivity index (χ0n) is 8.27. The summed E-state index contributed by atoms with van der Waals surface area (Å²) in [5.74, 6) is 0. The highest BCUT2D eigenvalue weighted by molar-refractivity contribution is 4.78. The Bertz CT molecular complexity index is 116. The number of likely N-dealkylation sites (N-methyl/N-ethyl adjacent to an activating group) is 1. The van der Waals surface area contributed by atoms with Crippen molar-refractivity contribution in [3.05, 3.63) is 0 Å². The molecular formula is C9H21N3. The molecule has 0 aromatic carbocycles. The van der Waals surface area contributed by atoms with Crippen molar-refractivity contribution in [2.45, 2.75) is 19.4 Å². The van der Waals surface area contributed by atoms with Gasteiger partial charge in [0.05, 0.1) is 0 Å². The summed E-state index contributed by atoms with van der Waals surface area (Å²) >= 11 is 0. The first-order valence-corrected chi connectivity index (χ1v) is 4.96. The van der Waals surface area contributed by atoms with Gasteiger partial charge >= 0.3 is 0 Å². The Morgan fingerprint density at radius 2 is 2.42 bits per heavy atom. The molecule has 1 heterocycles. The van der Waals surface area contributed by atoms with E-state index in [1.54, 1.807) is 0 Å². The monoisotopic (exact) mass is 171 g/mol. The van der Waals surface area contributed by atoms with Gasteiger partial charge in [-0.25, -0.2) is 0 Å². The largest absolute Gasteiger partial charge is 0.315 e. The van der Waals surface area contributed by atoms with E-state index in [2.05, 4.69) is 29.5 Å². The van der Waals surface area contributed by atoms with Crippen molar-refractivity contribution in [2.75, 3.05) is 39.8 Å². The predicted molar refractivity (Wildman–Crippen MR) is 52.4 cm³/mol. The highest BCUT2D eigenvalue weighted by atomic mass is 15.2. The molecule has 0 aromatic rings. The van der Waals surface area contributed by atoms with Gasteiger partial charge in [-0.3, -0.25) is 4.90 Å². The Hall–Kier alpha value is -0.120. The standard InChI is InChI=1S/C9H21N3/c1-3-4-10-7-9-8-11-5-6-12(9)2/h9-11H,3-8H2,1-2H3. The van der Waals surface area contributed by atoms with E-state index in [4.69, 9.17) is 0 Å². The fraction of sp³-hybridized carbons (Fsp3) is 1.00. The van der Waals surface area contributed by atoms with Gasteiger partial charge in [0.1, 0.15) is 0 Å². The van der Waals surface area contributed by atoms with Crippen LogP contribution in [-0.4, -0.2) is 50.7 Å². The first-order valence-electron chi connectivity index (χ1n) is 4.96. The number of hydrogen-bond donors (Lipinski definition) is 2. The highest BCUT2D eigenvalue weighted by Gasteiger charge is 2.16. The minimum Gasteiger partial charge on any atom is -0.315 e. The van der Waals surface area contributed by atoms with Crippen LogP contribution in [0, 0.1) is 0 Å². The van der Waals surface area contributed by atoms with Gasteiger partial charge in [-0.1, -0.05) is 6.92 Å². The van der Waals surface area contributed by atoms with E-state index >= 15 is 0 Å². The fourth-order valence-corrected chi connectivity index (χ4v) is 1.54. The first kappa shape index (κ1) is 9.96. The zero-order valence-corrected chi connectivity index (χ0v) is 8.27. The normalized spacial score (nSPS) is 26.0. The SMILES string of the molecule is CCCNCC1CNCCN1C. The Kier molecular flexibility index (Phi) is 4.58. The van der Waals surface area contributed by atoms with Crippen LogP contribution < -0.4 is 10.6 Å². The lowest BCUT2D eigenvalue weighted by Gasteiger charge is -2.33. The van der Waals surface area contributed by atoms with Crippen molar-refractivity contribution >= 4 is 0 Å². The third-order valence-corrected chi connectivity index (χ3v) is 2.45. The molecule has 0 saturated carbocycles. The maximum atomic E-state index is 3.45. The lowest BCUT2D eigenvalue weighted by Crippen LogP contribution is -2.53. The van der Waals surface area contributed by atoms with Crippen LogP contribution in [0.1, 0.15) is 13.3 Å². The van der Waals surface area contributed by atoms with E-state index < -0.39 is 0 Å². The molecule has 3 nitrogen and oxygen atoms in total. The van der Waals surface area contributed by atoms with Gasteiger partial charge in [0.15, 0.2) is 0 Å².